The van der Waals surface area contributed by atoms with Gasteiger partial charge in [0.1, 0.15) is 0 Å². The number of aromatic nitrogens is 4. The predicted octanol–water partition coefficient (Wildman–Crippen LogP) is 2.52. The Kier molecular flexibility index (Phi) is 4.73. The van der Waals surface area contributed by atoms with E-state index in [0.717, 1.165) is 17.9 Å². The quantitative estimate of drug-likeness (QED) is 0.755. The topological polar surface area (TPSA) is 66.8 Å². The van der Waals surface area contributed by atoms with Crippen LogP contribution in [0.15, 0.2) is 61.1 Å². The molecule has 23 heavy (non-hydrogen) atoms. The van der Waals surface area contributed by atoms with E-state index in [0.29, 0.717) is 12.5 Å². The van der Waals surface area contributed by atoms with Gasteiger partial charge in [-0.15, -0.1) is 5.10 Å². The normalized spacial score (nSPS) is 10.3. The predicted molar refractivity (Wildman–Crippen MR) is 89.9 cm³/mol. The van der Waals surface area contributed by atoms with Gasteiger partial charge in [0.15, 0.2) is 5.82 Å². The average Bonchev–Trinajstić information content (AvgIpc) is 2.62. The Hall–Kier alpha value is -3.02. The van der Waals surface area contributed by atoms with E-state index in [4.69, 9.17) is 0 Å². The summed E-state index contributed by atoms with van der Waals surface area (Å²) in [6.45, 7) is 1.40. The van der Waals surface area contributed by atoms with Gasteiger partial charge in [-0.05, 0) is 23.3 Å². The molecule has 2 aromatic heterocycles. The van der Waals surface area contributed by atoms with E-state index in [2.05, 4.69) is 37.6 Å². The average molecular weight is 306 g/mol. The van der Waals surface area contributed by atoms with Crippen molar-refractivity contribution in [1.82, 2.24) is 20.2 Å². The molecule has 3 aromatic rings. The molecule has 116 valence electrons. The zero-order chi connectivity index (χ0) is 15.9. The second-order valence-corrected chi connectivity index (χ2v) is 5.19. The first-order valence-electron chi connectivity index (χ1n) is 7.39. The summed E-state index contributed by atoms with van der Waals surface area (Å²) in [6, 6.07) is 14.2. The van der Waals surface area contributed by atoms with Crippen LogP contribution >= 0.6 is 0 Å². The van der Waals surface area contributed by atoms with Crippen molar-refractivity contribution in [3.63, 3.8) is 0 Å². The van der Waals surface area contributed by atoms with E-state index in [1.165, 1.54) is 5.56 Å². The fraction of sp³-hybridized carbons (Fsp3) is 0.176. The number of nitrogens with zero attached hydrogens (tertiary/aromatic N) is 5. The highest BCUT2D eigenvalue weighted by molar-refractivity contribution is 5.40. The molecule has 6 nitrogen and oxygen atoms in total. The maximum absolute atomic E-state index is 4.51. The summed E-state index contributed by atoms with van der Waals surface area (Å²) in [5.41, 5.74) is 2.34. The standard InChI is InChI=1S/C17H18N6/c1-23(13-15-5-3-2-4-6-15)16-12-20-22-17(21-16)19-11-14-7-9-18-10-8-14/h2-10,12H,11,13H2,1H3,(H,19,21,22). The maximum Gasteiger partial charge on any atom is 0.244 e. The first kappa shape index (κ1) is 14.9. The van der Waals surface area contributed by atoms with Crippen LogP contribution in [0.4, 0.5) is 11.8 Å². The van der Waals surface area contributed by atoms with Gasteiger partial charge in [0.05, 0.1) is 6.20 Å². The maximum atomic E-state index is 4.51. The molecule has 1 aromatic carbocycles. The highest BCUT2D eigenvalue weighted by Gasteiger charge is 2.06. The molecule has 0 saturated heterocycles. The van der Waals surface area contributed by atoms with E-state index in [1.807, 2.05) is 42.3 Å². The lowest BCUT2D eigenvalue weighted by atomic mass is 10.2. The van der Waals surface area contributed by atoms with E-state index in [1.54, 1.807) is 18.6 Å². The van der Waals surface area contributed by atoms with Gasteiger partial charge in [-0.1, -0.05) is 30.3 Å². The van der Waals surface area contributed by atoms with Crippen molar-refractivity contribution in [3.05, 3.63) is 72.2 Å². The number of hydrogen-bond donors (Lipinski definition) is 1. The number of nitrogens with one attached hydrogen (secondary N) is 1. The molecule has 0 aliphatic carbocycles. The van der Waals surface area contributed by atoms with E-state index >= 15 is 0 Å². The van der Waals surface area contributed by atoms with Crippen LogP contribution in [-0.2, 0) is 13.1 Å². The molecular formula is C17H18N6. The van der Waals surface area contributed by atoms with E-state index in [9.17, 15) is 0 Å². The molecule has 0 amide bonds. The third kappa shape index (κ3) is 4.23. The van der Waals surface area contributed by atoms with Gasteiger partial charge in [-0.2, -0.15) is 10.1 Å². The van der Waals surface area contributed by atoms with Crippen LogP contribution in [0.1, 0.15) is 11.1 Å². The SMILES string of the molecule is CN(Cc1ccccc1)c1cnnc(NCc2ccncc2)n1. The zero-order valence-electron chi connectivity index (χ0n) is 12.9. The summed E-state index contributed by atoms with van der Waals surface area (Å²) >= 11 is 0. The Bertz CT molecular complexity index is 732. The Morgan fingerprint density at radius 1 is 1.00 bits per heavy atom. The lowest BCUT2D eigenvalue weighted by Crippen LogP contribution is -2.19. The van der Waals surface area contributed by atoms with Crippen molar-refractivity contribution in [1.29, 1.82) is 0 Å². The van der Waals surface area contributed by atoms with Gasteiger partial charge in [0.25, 0.3) is 0 Å². The molecule has 0 radical (unpaired) electrons. The number of pyridine rings is 1. The Labute approximate surface area is 135 Å². The van der Waals surface area contributed by atoms with E-state index < -0.39 is 0 Å². The van der Waals surface area contributed by atoms with Crippen LogP contribution in [-0.4, -0.2) is 27.2 Å². The summed E-state index contributed by atoms with van der Waals surface area (Å²) < 4.78 is 0. The molecule has 0 fully saturated rings. The Morgan fingerprint density at radius 2 is 1.78 bits per heavy atom. The third-order valence-corrected chi connectivity index (χ3v) is 3.40. The molecule has 0 saturated carbocycles. The summed E-state index contributed by atoms with van der Waals surface area (Å²) in [5, 5.41) is 11.2. The largest absolute Gasteiger partial charge is 0.354 e. The molecule has 0 aliphatic heterocycles. The smallest absolute Gasteiger partial charge is 0.244 e. The van der Waals surface area contributed by atoms with Crippen molar-refractivity contribution in [3.8, 4) is 0 Å². The van der Waals surface area contributed by atoms with Gasteiger partial charge in [0, 0.05) is 32.5 Å². The van der Waals surface area contributed by atoms with Crippen LogP contribution in [0, 0.1) is 0 Å². The summed E-state index contributed by atoms with van der Waals surface area (Å²) in [7, 11) is 1.99. The molecule has 0 aliphatic rings. The third-order valence-electron chi connectivity index (χ3n) is 3.40. The van der Waals surface area contributed by atoms with E-state index in [-0.39, 0.29) is 0 Å². The molecule has 0 unspecified atom stereocenters. The minimum absolute atomic E-state index is 0.513. The number of benzene rings is 1. The molecule has 0 atom stereocenters. The minimum atomic E-state index is 0.513. The monoisotopic (exact) mass is 306 g/mol. The number of anilines is 2. The molecule has 6 heteroatoms. The second-order valence-electron chi connectivity index (χ2n) is 5.19. The summed E-state index contributed by atoms with van der Waals surface area (Å²) in [4.78, 5) is 10.6. The zero-order valence-corrected chi connectivity index (χ0v) is 12.9. The molecule has 1 N–H and O–H groups in total. The molecule has 3 rings (SSSR count). The highest BCUT2D eigenvalue weighted by atomic mass is 15.3. The van der Waals surface area contributed by atoms with Crippen LogP contribution in [0.3, 0.4) is 0 Å². The number of rotatable bonds is 6. The fourth-order valence-corrected chi connectivity index (χ4v) is 2.17. The first-order chi connectivity index (χ1) is 11.3. The molecular weight excluding hydrogens is 288 g/mol. The lowest BCUT2D eigenvalue weighted by molar-refractivity contribution is 0.858. The van der Waals surface area contributed by atoms with Gasteiger partial charge >= 0.3 is 0 Å². The van der Waals surface area contributed by atoms with Gasteiger partial charge in [-0.25, -0.2) is 0 Å². The highest BCUT2D eigenvalue weighted by Crippen LogP contribution is 2.13. The lowest BCUT2D eigenvalue weighted by Gasteiger charge is -2.18. The van der Waals surface area contributed by atoms with Crippen molar-refractivity contribution in [2.45, 2.75) is 13.1 Å². The minimum Gasteiger partial charge on any atom is -0.354 e. The van der Waals surface area contributed by atoms with Gasteiger partial charge in [-0.3, -0.25) is 4.98 Å². The number of hydrogen-bond acceptors (Lipinski definition) is 6. The van der Waals surface area contributed by atoms with Crippen LogP contribution < -0.4 is 10.2 Å². The van der Waals surface area contributed by atoms with Crippen molar-refractivity contribution in [2.24, 2.45) is 0 Å². The summed E-state index contributed by atoms with van der Waals surface area (Å²) in [6.07, 6.45) is 5.20. The van der Waals surface area contributed by atoms with Gasteiger partial charge in [0.2, 0.25) is 5.95 Å². The van der Waals surface area contributed by atoms with Crippen molar-refractivity contribution in [2.75, 3.05) is 17.3 Å². The van der Waals surface area contributed by atoms with Crippen molar-refractivity contribution < 1.29 is 0 Å². The molecule has 0 spiro atoms. The van der Waals surface area contributed by atoms with Gasteiger partial charge < -0.3 is 10.2 Å². The second kappa shape index (κ2) is 7.31. The van der Waals surface area contributed by atoms with Crippen LogP contribution in [0.25, 0.3) is 0 Å². The van der Waals surface area contributed by atoms with Crippen LogP contribution in [0.2, 0.25) is 0 Å². The van der Waals surface area contributed by atoms with Crippen molar-refractivity contribution >= 4 is 11.8 Å². The molecule has 2 heterocycles. The first-order valence-corrected chi connectivity index (χ1v) is 7.39. The Morgan fingerprint density at radius 3 is 2.57 bits per heavy atom. The van der Waals surface area contributed by atoms with Crippen LogP contribution in [0.5, 0.6) is 0 Å². The summed E-state index contributed by atoms with van der Waals surface area (Å²) in [5.74, 6) is 1.29. The Balaban J connectivity index is 1.64. The fourth-order valence-electron chi connectivity index (χ4n) is 2.17. The molecule has 0 bridgehead atoms.